The van der Waals surface area contributed by atoms with Crippen molar-refractivity contribution in [3.05, 3.63) is 83.4 Å². The molecule has 176 valence electrons. The minimum Gasteiger partial charge on any atom is -0.550 e. The quantitative estimate of drug-likeness (QED) is 0.435. The lowest BCUT2D eigenvalue weighted by molar-refractivity contribution is -0.305. The third-order valence-corrected chi connectivity index (χ3v) is 5.79. The molecule has 1 aliphatic heterocycles. The number of aliphatic carboxylic acids is 1. The summed E-state index contributed by atoms with van der Waals surface area (Å²) in [5.41, 5.74) is 3.82. The van der Waals surface area contributed by atoms with Gasteiger partial charge < -0.3 is 30.4 Å². The van der Waals surface area contributed by atoms with Crippen molar-refractivity contribution in [2.24, 2.45) is 0 Å². The molecule has 0 fully saturated rings. The summed E-state index contributed by atoms with van der Waals surface area (Å²) in [5.74, 6) is -1.87. The lowest BCUT2D eigenvalue weighted by Crippen LogP contribution is -2.44. The second-order valence-electron chi connectivity index (χ2n) is 8.22. The molecular formula is C25H26N5O4-. The van der Waals surface area contributed by atoms with E-state index < -0.39 is 18.4 Å². The van der Waals surface area contributed by atoms with Gasteiger partial charge in [-0.2, -0.15) is 0 Å². The fourth-order valence-electron chi connectivity index (χ4n) is 3.98. The van der Waals surface area contributed by atoms with Crippen LogP contribution in [0.15, 0.2) is 61.1 Å². The van der Waals surface area contributed by atoms with Crippen molar-refractivity contribution < 1.29 is 19.5 Å². The number of carbonyl (C=O) groups excluding carboxylic acids is 3. The van der Waals surface area contributed by atoms with Crippen LogP contribution in [0.1, 0.15) is 33.6 Å². The number of rotatable bonds is 9. The number of carboxylic acids is 1. The van der Waals surface area contributed by atoms with E-state index in [-0.39, 0.29) is 11.8 Å². The zero-order chi connectivity index (χ0) is 23.9. The van der Waals surface area contributed by atoms with E-state index in [1.54, 1.807) is 35.6 Å². The van der Waals surface area contributed by atoms with Crippen molar-refractivity contribution in [2.45, 2.75) is 31.8 Å². The number of imidazole rings is 1. The van der Waals surface area contributed by atoms with Crippen LogP contribution in [-0.2, 0) is 29.0 Å². The van der Waals surface area contributed by atoms with Gasteiger partial charge in [0.05, 0.1) is 6.33 Å². The van der Waals surface area contributed by atoms with Gasteiger partial charge in [-0.05, 0) is 29.7 Å². The van der Waals surface area contributed by atoms with Crippen LogP contribution in [0, 0.1) is 0 Å². The smallest absolute Gasteiger partial charge is 0.251 e. The number of benzene rings is 2. The van der Waals surface area contributed by atoms with Gasteiger partial charge in [0.15, 0.2) is 0 Å². The number of carboxylic acid groups (broad SMARTS) is 1. The fourth-order valence-corrected chi connectivity index (χ4v) is 3.98. The van der Waals surface area contributed by atoms with Gasteiger partial charge in [0.1, 0.15) is 6.04 Å². The number of amides is 2. The number of anilines is 1. The van der Waals surface area contributed by atoms with Gasteiger partial charge in [-0.25, -0.2) is 4.98 Å². The highest BCUT2D eigenvalue weighted by molar-refractivity contribution is 5.96. The first kappa shape index (κ1) is 23.0. The van der Waals surface area contributed by atoms with Gasteiger partial charge in [-0.1, -0.05) is 36.4 Å². The van der Waals surface area contributed by atoms with E-state index in [4.69, 9.17) is 0 Å². The molecule has 2 amide bonds. The van der Waals surface area contributed by atoms with Crippen LogP contribution in [0.4, 0.5) is 5.69 Å². The standard InChI is InChI=1S/C25H27N5O4/c31-23(32)13-22-25(34)30(11-9-17-4-2-1-3-5-17)15-19-7-6-18(12-21(19)29-22)24(33)27-10-8-20-14-26-16-28-20/h1-7,12,14,16,22,29H,8-11,13,15H2,(H,26,28)(H,27,33)(H,31,32)/p-1. The molecule has 1 aromatic heterocycles. The summed E-state index contributed by atoms with van der Waals surface area (Å²) in [6.07, 6.45) is 4.10. The zero-order valence-electron chi connectivity index (χ0n) is 18.6. The van der Waals surface area contributed by atoms with E-state index in [0.29, 0.717) is 43.7 Å². The molecule has 1 atom stereocenters. The Hall–Kier alpha value is -4.14. The molecule has 1 unspecified atom stereocenters. The predicted octanol–water partition coefficient (Wildman–Crippen LogP) is 0.888. The van der Waals surface area contributed by atoms with Crippen LogP contribution < -0.4 is 15.7 Å². The van der Waals surface area contributed by atoms with E-state index in [1.807, 2.05) is 30.3 Å². The Morgan fingerprint density at radius 2 is 1.97 bits per heavy atom. The van der Waals surface area contributed by atoms with Crippen LogP contribution in [0.25, 0.3) is 0 Å². The molecule has 2 aromatic carbocycles. The Labute approximate surface area is 197 Å². The summed E-state index contributed by atoms with van der Waals surface area (Å²) in [6, 6.07) is 14.0. The summed E-state index contributed by atoms with van der Waals surface area (Å²) < 4.78 is 0. The van der Waals surface area contributed by atoms with Crippen LogP contribution in [0.5, 0.6) is 0 Å². The molecule has 9 heteroatoms. The Morgan fingerprint density at radius 1 is 1.15 bits per heavy atom. The van der Waals surface area contributed by atoms with Gasteiger partial charge in [0.2, 0.25) is 5.91 Å². The molecule has 1 aliphatic rings. The molecule has 9 nitrogen and oxygen atoms in total. The van der Waals surface area contributed by atoms with Crippen molar-refractivity contribution in [2.75, 3.05) is 18.4 Å². The summed E-state index contributed by atoms with van der Waals surface area (Å²) in [6.45, 7) is 1.20. The maximum absolute atomic E-state index is 13.1. The van der Waals surface area contributed by atoms with E-state index in [1.165, 1.54) is 0 Å². The number of nitrogens with zero attached hydrogens (tertiary/aromatic N) is 2. The van der Waals surface area contributed by atoms with Crippen molar-refractivity contribution in [3.63, 3.8) is 0 Å². The molecular weight excluding hydrogens is 434 g/mol. The fraction of sp³-hybridized carbons (Fsp3) is 0.280. The third kappa shape index (κ3) is 5.80. The number of hydrogen-bond acceptors (Lipinski definition) is 6. The average Bonchev–Trinajstić information content (AvgIpc) is 3.31. The summed E-state index contributed by atoms with van der Waals surface area (Å²) >= 11 is 0. The number of fused-ring (bicyclic) bond motifs is 1. The van der Waals surface area contributed by atoms with E-state index in [2.05, 4.69) is 20.6 Å². The second-order valence-corrected chi connectivity index (χ2v) is 8.22. The number of nitrogens with one attached hydrogen (secondary N) is 3. The Bertz CT molecular complexity index is 1150. The highest BCUT2D eigenvalue weighted by atomic mass is 16.4. The maximum Gasteiger partial charge on any atom is 0.251 e. The van der Waals surface area contributed by atoms with E-state index in [0.717, 1.165) is 16.8 Å². The van der Waals surface area contributed by atoms with Crippen LogP contribution >= 0.6 is 0 Å². The van der Waals surface area contributed by atoms with Crippen LogP contribution in [-0.4, -0.2) is 51.8 Å². The molecule has 0 spiro atoms. The molecule has 2 heterocycles. The molecule has 0 radical (unpaired) electrons. The topological polar surface area (TPSA) is 130 Å². The summed E-state index contributed by atoms with van der Waals surface area (Å²) in [4.78, 5) is 45.7. The van der Waals surface area contributed by atoms with Crippen molar-refractivity contribution in [1.82, 2.24) is 20.2 Å². The molecule has 0 aliphatic carbocycles. The lowest BCUT2D eigenvalue weighted by Gasteiger charge is -2.25. The van der Waals surface area contributed by atoms with Gasteiger partial charge >= 0.3 is 0 Å². The van der Waals surface area contributed by atoms with E-state index in [9.17, 15) is 19.5 Å². The molecule has 3 N–H and O–H groups in total. The number of aromatic nitrogens is 2. The first-order valence-electron chi connectivity index (χ1n) is 11.2. The molecule has 0 bridgehead atoms. The number of aromatic amines is 1. The zero-order valence-corrected chi connectivity index (χ0v) is 18.6. The minimum absolute atomic E-state index is 0.253. The normalized spacial score (nSPS) is 15.2. The maximum atomic E-state index is 13.1. The van der Waals surface area contributed by atoms with Gasteiger partial charge in [0, 0.05) is 61.6 Å². The SMILES string of the molecule is O=C([O-])CC1Nc2cc(C(=O)NCCc3cnc[nH]3)ccc2CN(CCc2ccccc2)C1=O. The summed E-state index contributed by atoms with van der Waals surface area (Å²) in [5, 5.41) is 17.2. The van der Waals surface area contributed by atoms with Crippen molar-refractivity contribution in [1.29, 1.82) is 0 Å². The molecule has 0 saturated carbocycles. The summed E-state index contributed by atoms with van der Waals surface area (Å²) in [7, 11) is 0. The first-order valence-corrected chi connectivity index (χ1v) is 11.2. The number of carbonyl (C=O) groups is 3. The van der Waals surface area contributed by atoms with Crippen LogP contribution in [0.2, 0.25) is 0 Å². The van der Waals surface area contributed by atoms with Gasteiger partial charge in [-0.3, -0.25) is 9.59 Å². The van der Waals surface area contributed by atoms with Crippen molar-refractivity contribution in [3.8, 4) is 0 Å². The van der Waals surface area contributed by atoms with Crippen molar-refractivity contribution >= 4 is 23.5 Å². The van der Waals surface area contributed by atoms with Gasteiger partial charge in [-0.15, -0.1) is 0 Å². The third-order valence-electron chi connectivity index (χ3n) is 5.79. The molecule has 34 heavy (non-hydrogen) atoms. The van der Waals surface area contributed by atoms with Gasteiger partial charge in [0.25, 0.3) is 5.91 Å². The average molecular weight is 461 g/mol. The first-order chi connectivity index (χ1) is 16.5. The monoisotopic (exact) mass is 460 g/mol. The molecule has 3 aromatic rings. The number of H-pyrrole nitrogens is 1. The lowest BCUT2D eigenvalue weighted by atomic mass is 10.1. The second kappa shape index (κ2) is 10.7. The van der Waals surface area contributed by atoms with E-state index >= 15 is 0 Å². The Morgan fingerprint density at radius 3 is 2.71 bits per heavy atom. The predicted molar refractivity (Wildman–Crippen MR) is 124 cm³/mol. The minimum atomic E-state index is -1.31. The Balaban J connectivity index is 1.48. The van der Waals surface area contributed by atoms with Crippen LogP contribution in [0.3, 0.4) is 0 Å². The molecule has 0 saturated heterocycles. The molecule has 4 rings (SSSR count). The number of hydrogen-bond donors (Lipinski definition) is 3. The Kier molecular flexibility index (Phi) is 7.22. The highest BCUT2D eigenvalue weighted by Gasteiger charge is 2.29. The highest BCUT2D eigenvalue weighted by Crippen LogP contribution is 2.26. The largest absolute Gasteiger partial charge is 0.550 e.